The monoisotopic (exact) mass is 267 g/mol. The lowest BCUT2D eigenvalue weighted by atomic mass is 10.1. The Morgan fingerprint density at radius 1 is 1.44 bits per heavy atom. The van der Waals surface area contributed by atoms with Gasteiger partial charge in [0.2, 0.25) is 0 Å². The lowest BCUT2D eigenvalue weighted by Gasteiger charge is -2.18. The molecule has 0 spiro atoms. The second-order valence-corrected chi connectivity index (χ2v) is 5.29. The Morgan fingerprint density at radius 3 is 2.94 bits per heavy atom. The van der Waals surface area contributed by atoms with Crippen LogP contribution in [0.15, 0.2) is 12.1 Å². The molecular weight excluding hydrogens is 246 g/mol. The van der Waals surface area contributed by atoms with Crippen LogP contribution in [0.3, 0.4) is 0 Å². The molecule has 1 aromatic heterocycles. The number of hydrogen-bond donors (Lipinski definition) is 1. The summed E-state index contributed by atoms with van der Waals surface area (Å²) in [6.07, 6.45) is 2.54. The summed E-state index contributed by atoms with van der Waals surface area (Å²) in [6.45, 7) is 8.28. The van der Waals surface area contributed by atoms with Gasteiger partial charge in [-0.15, -0.1) is 0 Å². The molecule has 1 unspecified atom stereocenters. The van der Waals surface area contributed by atoms with E-state index in [1.165, 1.54) is 12.8 Å². The molecule has 3 nitrogen and oxygen atoms in total. The number of pyridine rings is 1. The maximum Gasteiger partial charge on any atom is 0.128 e. The third-order valence-corrected chi connectivity index (χ3v) is 3.98. The van der Waals surface area contributed by atoms with Crippen molar-refractivity contribution in [2.24, 2.45) is 5.92 Å². The summed E-state index contributed by atoms with van der Waals surface area (Å²) < 4.78 is 0. The third kappa shape index (κ3) is 3.15. The molecule has 1 atom stereocenters. The maximum atomic E-state index is 6.17. The largest absolute Gasteiger partial charge is 0.356 e. The van der Waals surface area contributed by atoms with Gasteiger partial charge >= 0.3 is 0 Å². The van der Waals surface area contributed by atoms with Crippen molar-refractivity contribution >= 4 is 17.4 Å². The Labute approximate surface area is 115 Å². The minimum atomic E-state index is 0.744. The van der Waals surface area contributed by atoms with Crippen molar-refractivity contribution in [3.63, 3.8) is 0 Å². The fourth-order valence-electron chi connectivity index (χ4n) is 2.39. The van der Waals surface area contributed by atoms with Gasteiger partial charge in [0, 0.05) is 19.6 Å². The van der Waals surface area contributed by atoms with E-state index in [1.54, 1.807) is 0 Å². The van der Waals surface area contributed by atoms with Gasteiger partial charge in [0.05, 0.1) is 10.7 Å². The molecule has 1 aliphatic rings. The summed E-state index contributed by atoms with van der Waals surface area (Å²) >= 11 is 6.17. The summed E-state index contributed by atoms with van der Waals surface area (Å²) in [5.41, 5.74) is 0.955. The van der Waals surface area contributed by atoms with Gasteiger partial charge in [-0.05, 0) is 31.0 Å². The van der Waals surface area contributed by atoms with Crippen molar-refractivity contribution in [2.45, 2.75) is 33.2 Å². The first-order valence-corrected chi connectivity index (χ1v) is 7.23. The minimum absolute atomic E-state index is 0.744. The second-order valence-electron chi connectivity index (χ2n) is 4.89. The first-order chi connectivity index (χ1) is 8.74. The van der Waals surface area contributed by atoms with E-state index >= 15 is 0 Å². The van der Waals surface area contributed by atoms with Crippen molar-refractivity contribution in [1.82, 2.24) is 10.3 Å². The molecule has 0 aliphatic carbocycles. The Bertz CT molecular complexity index is 395. The van der Waals surface area contributed by atoms with E-state index in [1.807, 2.05) is 12.1 Å². The fourth-order valence-corrected chi connectivity index (χ4v) is 2.56. The smallest absolute Gasteiger partial charge is 0.128 e. The van der Waals surface area contributed by atoms with Crippen molar-refractivity contribution in [3.8, 4) is 0 Å². The average molecular weight is 268 g/mol. The van der Waals surface area contributed by atoms with E-state index in [-0.39, 0.29) is 0 Å². The molecule has 18 heavy (non-hydrogen) atoms. The highest BCUT2D eigenvalue weighted by Gasteiger charge is 2.22. The first kappa shape index (κ1) is 13.6. The van der Waals surface area contributed by atoms with Crippen LogP contribution >= 0.6 is 11.6 Å². The molecular formula is C14H22ClN3. The van der Waals surface area contributed by atoms with Crippen LogP contribution in [0.25, 0.3) is 0 Å². The zero-order chi connectivity index (χ0) is 13.0. The third-order valence-electron chi connectivity index (χ3n) is 3.63. The van der Waals surface area contributed by atoms with Gasteiger partial charge in [-0.1, -0.05) is 31.9 Å². The predicted molar refractivity (Wildman–Crippen MR) is 77.2 cm³/mol. The zero-order valence-corrected chi connectivity index (χ0v) is 12.0. The summed E-state index contributed by atoms with van der Waals surface area (Å²) in [7, 11) is 0. The number of halogens is 1. The number of aromatic nitrogens is 1. The lowest BCUT2D eigenvalue weighted by Crippen LogP contribution is -2.22. The molecule has 1 N–H and O–H groups in total. The lowest BCUT2D eigenvalue weighted by molar-refractivity contribution is 0.568. The highest BCUT2D eigenvalue weighted by Crippen LogP contribution is 2.26. The Hall–Kier alpha value is -0.800. The molecule has 0 aromatic carbocycles. The Balaban J connectivity index is 2.09. The van der Waals surface area contributed by atoms with Crippen molar-refractivity contribution in [2.75, 3.05) is 24.5 Å². The average Bonchev–Trinajstić information content (AvgIpc) is 2.86. The van der Waals surface area contributed by atoms with Crippen LogP contribution in [0.2, 0.25) is 5.02 Å². The summed E-state index contributed by atoms with van der Waals surface area (Å²) in [5, 5.41) is 4.03. The zero-order valence-electron chi connectivity index (χ0n) is 11.2. The molecule has 2 rings (SSSR count). The molecule has 0 radical (unpaired) electrons. The van der Waals surface area contributed by atoms with Gasteiger partial charge in [-0.2, -0.15) is 0 Å². The molecule has 2 heterocycles. The van der Waals surface area contributed by atoms with Crippen molar-refractivity contribution < 1.29 is 0 Å². The summed E-state index contributed by atoms with van der Waals surface area (Å²) in [4.78, 5) is 7.07. The van der Waals surface area contributed by atoms with Gasteiger partial charge in [0.25, 0.3) is 0 Å². The number of hydrogen-bond acceptors (Lipinski definition) is 3. The molecule has 1 saturated heterocycles. The van der Waals surface area contributed by atoms with Crippen LogP contribution < -0.4 is 10.2 Å². The Morgan fingerprint density at radius 2 is 2.28 bits per heavy atom. The van der Waals surface area contributed by atoms with Gasteiger partial charge in [-0.3, -0.25) is 0 Å². The van der Waals surface area contributed by atoms with Crippen LogP contribution in [0.4, 0.5) is 5.82 Å². The molecule has 1 fully saturated rings. The molecule has 100 valence electrons. The van der Waals surface area contributed by atoms with E-state index < -0.39 is 0 Å². The second kappa shape index (κ2) is 6.39. The normalized spacial score (nSPS) is 19.5. The fraction of sp³-hybridized carbons (Fsp3) is 0.643. The van der Waals surface area contributed by atoms with E-state index in [9.17, 15) is 0 Å². The van der Waals surface area contributed by atoms with Crippen molar-refractivity contribution in [1.29, 1.82) is 0 Å². The van der Waals surface area contributed by atoms with Crippen LogP contribution in [0.5, 0.6) is 0 Å². The van der Waals surface area contributed by atoms with Crippen LogP contribution in [0, 0.1) is 5.92 Å². The number of nitrogens with zero attached hydrogens (tertiary/aromatic N) is 2. The summed E-state index contributed by atoms with van der Waals surface area (Å²) in [5.74, 6) is 1.89. The molecule has 0 bridgehead atoms. The van der Waals surface area contributed by atoms with Crippen molar-refractivity contribution in [3.05, 3.63) is 22.8 Å². The van der Waals surface area contributed by atoms with E-state index in [2.05, 4.69) is 24.1 Å². The Kier molecular flexibility index (Phi) is 4.84. The first-order valence-electron chi connectivity index (χ1n) is 6.85. The topological polar surface area (TPSA) is 28.2 Å². The SMILES string of the molecule is CCNCc1nc(N2CCC(CC)C2)ccc1Cl. The predicted octanol–water partition coefficient (Wildman–Crippen LogP) is 3.08. The van der Waals surface area contributed by atoms with E-state index in [0.717, 1.165) is 48.6 Å². The number of nitrogens with one attached hydrogen (secondary N) is 1. The van der Waals surface area contributed by atoms with Crippen LogP contribution in [-0.2, 0) is 6.54 Å². The molecule has 0 saturated carbocycles. The van der Waals surface area contributed by atoms with Gasteiger partial charge in [0.15, 0.2) is 0 Å². The number of anilines is 1. The van der Waals surface area contributed by atoms with Gasteiger partial charge in [0.1, 0.15) is 5.82 Å². The molecule has 1 aromatic rings. The maximum absolute atomic E-state index is 6.17. The highest BCUT2D eigenvalue weighted by atomic mass is 35.5. The minimum Gasteiger partial charge on any atom is -0.356 e. The molecule has 4 heteroatoms. The molecule has 1 aliphatic heterocycles. The van der Waals surface area contributed by atoms with Crippen LogP contribution in [-0.4, -0.2) is 24.6 Å². The van der Waals surface area contributed by atoms with Gasteiger partial charge < -0.3 is 10.2 Å². The number of rotatable bonds is 5. The summed E-state index contributed by atoms with van der Waals surface area (Å²) in [6, 6.07) is 4.01. The quantitative estimate of drug-likeness (QED) is 0.889. The van der Waals surface area contributed by atoms with Gasteiger partial charge in [-0.25, -0.2) is 4.98 Å². The van der Waals surface area contributed by atoms with E-state index in [4.69, 9.17) is 16.6 Å². The van der Waals surface area contributed by atoms with Crippen LogP contribution in [0.1, 0.15) is 32.4 Å². The van der Waals surface area contributed by atoms with E-state index in [0.29, 0.717) is 0 Å². The molecule has 0 amide bonds. The standard InChI is InChI=1S/C14H22ClN3/c1-3-11-7-8-18(10-11)14-6-5-12(15)13(17-14)9-16-4-2/h5-6,11,16H,3-4,7-10H2,1-2H3. The highest BCUT2D eigenvalue weighted by molar-refractivity contribution is 6.31.